The first-order chi connectivity index (χ1) is 11.0. The molecule has 1 spiro atoms. The van der Waals surface area contributed by atoms with Crippen molar-refractivity contribution in [3.8, 4) is 0 Å². The third kappa shape index (κ3) is 2.25. The van der Waals surface area contributed by atoms with Gasteiger partial charge in [0.15, 0.2) is 0 Å². The van der Waals surface area contributed by atoms with Crippen LogP contribution in [0.4, 0.5) is 0 Å². The molecule has 1 aliphatic heterocycles. The van der Waals surface area contributed by atoms with Crippen molar-refractivity contribution >= 4 is 11.8 Å². The van der Waals surface area contributed by atoms with E-state index in [2.05, 4.69) is 31.4 Å². The van der Waals surface area contributed by atoms with Crippen molar-refractivity contribution in [2.24, 2.45) is 5.41 Å². The predicted octanol–water partition coefficient (Wildman–Crippen LogP) is 1.80. The fraction of sp³-hybridized carbons (Fsp3) is 0.579. The second-order valence-corrected chi connectivity index (χ2v) is 8.61. The molecule has 0 aromatic heterocycles. The summed E-state index contributed by atoms with van der Waals surface area (Å²) in [7, 11) is 0. The summed E-state index contributed by atoms with van der Waals surface area (Å²) in [5, 5.41) is 15.7. The fourth-order valence-electron chi connectivity index (χ4n) is 3.63. The molecular weight excluding hydrogens is 304 g/mol. The second kappa shape index (κ2) is 5.06. The maximum Gasteiger partial charge on any atom is 0.248 e. The van der Waals surface area contributed by atoms with Crippen LogP contribution in [-0.4, -0.2) is 28.6 Å². The van der Waals surface area contributed by atoms with Gasteiger partial charge in [0.2, 0.25) is 11.8 Å². The molecule has 3 rings (SSSR count). The van der Waals surface area contributed by atoms with Crippen LogP contribution >= 0.6 is 0 Å². The molecule has 2 amide bonds. The van der Waals surface area contributed by atoms with Crippen LogP contribution in [0.25, 0.3) is 0 Å². The highest BCUT2D eigenvalue weighted by Gasteiger charge is 2.67. The molecule has 2 aliphatic rings. The normalized spacial score (nSPS) is 32.1. The summed E-state index contributed by atoms with van der Waals surface area (Å²) in [4.78, 5) is 25.3. The molecule has 3 N–H and O–H groups in total. The first kappa shape index (κ1) is 17.0. The average Bonchev–Trinajstić information content (AvgIpc) is 2.50. The van der Waals surface area contributed by atoms with Gasteiger partial charge in [-0.05, 0) is 16.5 Å². The number of benzene rings is 1. The lowest BCUT2D eigenvalue weighted by atomic mass is 9.53. The number of carbonyl (C=O) groups excluding carboxylic acids is 2. The van der Waals surface area contributed by atoms with E-state index in [1.807, 2.05) is 24.3 Å². The third-order valence-electron chi connectivity index (χ3n) is 5.80. The lowest BCUT2D eigenvalue weighted by Crippen LogP contribution is -2.81. The molecule has 1 aromatic rings. The summed E-state index contributed by atoms with van der Waals surface area (Å²) < 4.78 is 0. The Bertz CT molecular complexity index is 688. The van der Waals surface area contributed by atoms with E-state index >= 15 is 0 Å². The number of aliphatic hydroxyl groups excluding tert-OH is 1. The zero-order chi connectivity index (χ0) is 17.9. The average molecular weight is 330 g/mol. The summed E-state index contributed by atoms with van der Waals surface area (Å²) in [6.45, 7) is 10.00. The quantitative estimate of drug-likeness (QED) is 0.735. The molecule has 1 aliphatic carbocycles. The van der Waals surface area contributed by atoms with E-state index < -0.39 is 23.1 Å². The van der Waals surface area contributed by atoms with Gasteiger partial charge in [-0.3, -0.25) is 9.59 Å². The highest BCUT2D eigenvalue weighted by Crippen LogP contribution is 2.51. The Hall–Kier alpha value is -1.88. The van der Waals surface area contributed by atoms with Gasteiger partial charge < -0.3 is 15.7 Å². The molecule has 1 unspecified atom stereocenters. The Kier molecular flexibility index (Phi) is 3.57. The summed E-state index contributed by atoms with van der Waals surface area (Å²) >= 11 is 0. The Morgan fingerprint density at radius 1 is 1.12 bits per heavy atom. The number of carbonyl (C=O) groups is 2. The molecule has 5 heteroatoms. The number of piperazine rings is 1. The summed E-state index contributed by atoms with van der Waals surface area (Å²) in [6, 6.07) is 7.09. The number of rotatable bonds is 1. The van der Waals surface area contributed by atoms with Gasteiger partial charge in [-0.2, -0.15) is 0 Å². The second-order valence-electron chi connectivity index (χ2n) is 8.61. The standard InChI is InChI=1S/C19H26N2O3/c1-17(2,3)12-8-6-11(7-9-12)14-15(23)21-19(16(24)20-14)10-13(22)18(19,4)5/h6-9,13-14,22H,10H2,1-5H3,(H,20,24)(H,21,23)/t13-,14?,19-/m1/s1. The molecule has 1 saturated carbocycles. The van der Waals surface area contributed by atoms with Gasteiger partial charge in [-0.1, -0.05) is 58.9 Å². The van der Waals surface area contributed by atoms with Gasteiger partial charge in [0.25, 0.3) is 0 Å². The van der Waals surface area contributed by atoms with Gasteiger partial charge >= 0.3 is 0 Å². The fourth-order valence-corrected chi connectivity index (χ4v) is 3.63. The molecule has 0 radical (unpaired) electrons. The molecule has 5 nitrogen and oxygen atoms in total. The molecule has 1 saturated heterocycles. The van der Waals surface area contributed by atoms with Gasteiger partial charge in [0.1, 0.15) is 11.6 Å². The minimum atomic E-state index is -1.01. The molecule has 0 bridgehead atoms. The molecule has 24 heavy (non-hydrogen) atoms. The van der Waals surface area contributed by atoms with E-state index in [0.717, 1.165) is 5.56 Å². The Morgan fingerprint density at radius 3 is 2.17 bits per heavy atom. The van der Waals surface area contributed by atoms with Gasteiger partial charge in [0.05, 0.1) is 6.10 Å². The Labute approximate surface area is 142 Å². The van der Waals surface area contributed by atoms with Crippen molar-refractivity contribution in [3.63, 3.8) is 0 Å². The van der Waals surface area contributed by atoms with Gasteiger partial charge in [-0.25, -0.2) is 0 Å². The minimum absolute atomic E-state index is 0.0345. The van der Waals surface area contributed by atoms with E-state index in [9.17, 15) is 14.7 Å². The largest absolute Gasteiger partial charge is 0.392 e. The molecule has 3 atom stereocenters. The van der Waals surface area contributed by atoms with Crippen molar-refractivity contribution < 1.29 is 14.7 Å². The maximum atomic E-state index is 12.7. The molecule has 1 aromatic carbocycles. The lowest BCUT2D eigenvalue weighted by molar-refractivity contribution is -0.177. The van der Waals surface area contributed by atoms with Crippen LogP contribution in [0.5, 0.6) is 0 Å². The monoisotopic (exact) mass is 330 g/mol. The first-order valence-corrected chi connectivity index (χ1v) is 8.40. The van der Waals surface area contributed by atoms with Crippen molar-refractivity contribution in [1.82, 2.24) is 10.6 Å². The number of hydrogen-bond donors (Lipinski definition) is 3. The summed E-state index contributed by atoms with van der Waals surface area (Å²) in [5.74, 6) is -0.444. The van der Waals surface area contributed by atoms with Gasteiger partial charge in [-0.15, -0.1) is 0 Å². The SMILES string of the molecule is CC(C)(C)c1ccc(C2NC(=O)[C@@]3(C[C@@H](O)C3(C)C)NC2=O)cc1. The summed E-state index contributed by atoms with van der Waals surface area (Å²) in [5.41, 5.74) is 0.293. The van der Waals surface area contributed by atoms with E-state index in [4.69, 9.17) is 0 Å². The smallest absolute Gasteiger partial charge is 0.248 e. The topological polar surface area (TPSA) is 78.4 Å². The number of hydrogen-bond acceptors (Lipinski definition) is 3. The number of amides is 2. The van der Waals surface area contributed by atoms with Crippen LogP contribution in [0.15, 0.2) is 24.3 Å². The van der Waals surface area contributed by atoms with Crippen LogP contribution in [0.3, 0.4) is 0 Å². The molecular formula is C19H26N2O3. The maximum absolute atomic E-state index is 12.7. The highest BCUT2D eigenvalue weighted by atomic mass is 16.3. The number of nitrogens with one attached hydrogen (secondary N) is 2. The third-order valence-corrected chi connectivity index (χ3v) is 5.80. The van der Waals surface area contributed by atoms with Crippen molar-refractivity contribution in [1.29, 1.82) is 0 Å². The van der Waals surface area contributed by atoms with E-state index in [1.54, 1.807) is 13.8 Å². The summed E-state index contributed by atoms with van der Waals surface area (Å²) in [6.07, 6.45) is -0.334. The van der Waals surface area contributed by atoms with Crippen LogP contribution < -0.4 is 10.6 Å². The Balaban J connectivity index is 1.84. The van der Waals surface area contributed by atoms with Crippen molar-refractivity contribution in [2.45, 2.75) is 64.1 Å². The zero-order valence-electron chi connectivity index (χ0n) is 14.9. The molecule has 1 heterocycles. The van der Waals surface area contributed by atoms with Crippen LogP contribution in [-0.2, 0) is 15.0 Å². The van der Waals surface area contributed by atoms with Gasteiger partial charge in [0, 0.05) is 11.8 Å². The van der Waals surface area contributed by atoms with Crippen molar-refractivity contribution in [2.75, 3.05) is 0 Å². The number of aliphatic hydroxyl groups is 1. The Morgan fingerprint density at radius 2 is 1.71 bits per heavy atom. The minimum Gasteiger partial charge on any atom is -0.392 e. The van der Waals surface area contributed by atoms with Crippen LogP contribution in [0.1, 0.15) is 58.2 Å². The predicted molar refractivity (Wildman–Crippen MR) is 91.3 cm³/mol. The zero-order valence-corrected chi connectivity index (χ0v) is 14.9. The van der Waals surface area contributed by atoms with E-state index in [1.165, 1.54) is 5.56 Å². The van der Waals surface area contributed by atoms with E-state index in [0.29, 0.717) is 0 Å². The van der Waals surface area contributed by atoms with Crippen molar-refractivity contribution in [3.05, 3.63) is 35.4 Å². The highest BCUT2D eigenvalue weighted by molar-refractivity contribution is 6.01. The van der Waals surface area contributed by atoms with E-state index in [-0.39, 0.29) is 23.7 Å². The lowest BCUT2D eigenvalue weighted by Gasteiger charge is -2.60. The first-order valence-electron chi connectivity index (χ1n) is 8.40. The molecule has 130 valence electrons. The van der Waals surface area contributed by atoms with Crippen LogP contribution in [0.2, 0.25) is 0 Å². The molecule has 2 fully saturated rings. The van der Waals surface area contributed by atoms with Crippen LogP contribution in [0, 0.1) is 5.41 Å².